The van der Waals surface area contributed by atoms with Gasteiger partial charge >= 0.3 is 11.9 Å². The lowest BCUT2D eigenvalue weighted by molar-refractivity contribution is -0.157. The van der Waals surface area contributed by atoms with Crippen LogP contribution in [-0.2, 0) is 30.3 Å². The summed E-state index contributed by atoms with van der Waals surface area (Å²) in [5.41, 5.74) is 7.13. The Morgan fingerprint density at radius 2 is 1.21 bits per heavy atom. The summed E-state index contributed by atoms with van der Waals surface area (Å²) in [6.45, 7) is 4.91. The highest BCUT2D eigenvalue weighted by molar-refractivity contribution is 7.99. The van der Waals surface area contributed by atoms with Crippen molar-refractivity contribution in [2.75, 3.05) is 24.7 Å². The van der Waals surface area contributed by atoms with Crippen LogP contribution >= 0.6 is 11.8 Å². The van der Waals surface area contributed by atoms with Gasteiger partial charge < -0.3 is 25.6 Å². The molecule has 0 saturated carbocycles. The summed E-state index contributed by atoms with van der Waals surface area (Å²) in [6, 6.07) is 6.16. The number of nitrogens with two attached hydrogens (primary N) is 1. The molecule has 0 radical (unpaired) electrons. The topological polar surface area (TPSA) is 128 Å². The Kier molecular flexibility index (Phi) is 27.2. The Morgan fingerprint density at radius 3 is 1.74 bits per heavy atom. The number of nitrogens with one attached hydrogen (secondary N) is 1. The van der Waals surface area contributed by atoms with Crippen LogP contribution in [0.25, 0.3) is 0 Å². The number of carbonyl (C=O) groups excluding carboxylic acids is 3. The smallest absolute Gasteiger partial charge is 0.306 e. The lowest BCUT2D eigenvalue weighted by Crippen LogP contribution is -2.43. The van der Waals surface area contributed by atoms with Crippen molar-refractivity contribution in [3.8, 4) is 5.75 Å². The maximum atomic E-state index is 12.6. The van der Waals surface area contributed by atoms with E-state index in [-0.39, 0.29) is 30.2 Å². The zero-order chi connectivity index (χ0) is 34.4. The van der Waals surface area contributed by atoms with E-state index in [9.17, 15) is 19.5 Å². The van der Waals surface area contributed by atoms with Crippen molar-refractivity contribution < 1.29 is 29.0 Å². The first kappa shape index (κ1) is 42.8. The molecule has 1 aromatic carbocycles. The molecule has 270 valence electrons. The molecule has 0 unspecified atom stereocenters. The number of esters is 2. The second-order valence-corrected chi connectivity index (χ2v) is 13.9. The van der Waals surface area contributed by atoms with Gasteiger partial charge in [0, 0.05) is 30.9 Å². The molecule has 0 fully saturated rings. The third kappa shape index (κ3) is 25.4. The maximum absolute atomic E-state index is 12.6. The van der Waals surface area contributed by atoms with E-state index >= 15 is 0 Å². The van der Waals surface area contributed by atoms with Crippen LogP contribution in [0.2, 0.25) is 0 Å². The van der Waals surface area contributed by atoms with Crippen LogP contribution in [-0.4, -0.2) is 59.8 Å². The average molecular weight is 679 g/mol. The van der Waals surface area contributed by atoms with Crippen LogP contribution in [0.15, 0.2) is 24.3 Å². The fourth-order valence-corrected chi connectivity index (χ4v) is 6.27. The normalized spacial score (nSPS) is 12.4. The maximum Gasteiger partial charge on any atom is 0.306 e. The van der Waals surface area contributed by atoms with Gasteiger partial charge in [-0.1, -0.05) is 129 Å². The van der Waals surface area contributed by atoms with Crippen molar-refractivity contribution in [3.05, 3.63) is 29.8 Å². The second-order valence-electron chi connectivity index (χ2n) is 12.8. The fraction of sp³-hybridized carbons (Fsp3) is 0.763. The highest BCUT2D eigenvalue weighted by Crippen LogP contribution is 2.15. The summed E-state index contributed by atoms with van der Waals surface area (Å²) in [5.74, 6) is 0.167. The van der Waals surface area contributed by atoms with Gasteiger partial charge in [-0.2, -0.15) is 11.8 Å². The third-order valence-corrected chi connectivity index (χ3v) is 9.49. The number of phenolic OH excluding ortho intramolecular Hbond substituents is 1. The van der Waals surface area contributed by atoms with Gasteiger partial charge in [-0.05, 0) is 37.0 Å². The number of rotatable bonds is 31. The Bertz CT molecular complexity index is 929. The molecule has 1 rings (SSSR count). The van der Waals surface area contributed by atoms with Crippen molar-refractivity contribution in [1.29, 1.82) is 0 Å². The van der Waals surface area contributed by atoms with E-state index < -0.39 is 12.1 Å². The van der Waals surface area contributed by atoms with Crippen molar-refractivity contribution in [2.45, 2.75) is 161 Å². The molecule has 0 aliphatic heterocycles. The fourth-order valence-electron chi connectivity index (χ4n) is 5.30. The number of unbranched alkanes of at least 4 members (excludes halogenated alkanes) is 16. The van der Waals surface area contributed by atoms with E-state index in [1.165, 1.54) is 88.8 Å². The second kappa shape index (κ2) is 29.8. The number of aromatic hydroxyl groups is 1. The summed E-state index contributed by atoms with van der Waals surface area (Å²) in [6.07, 6.45) is 21.9. The van der Waals surface area contributed by atoms with Gasteiger partial charge in [0.15, 0.2) is 0 Å². The quantitative estimate of drug-likeness (QED) is 0.0528. The molecule has 0 heterocycles. The molecule has 2 atom stereocenters. The number of amides is 1. The van der Waals surface area contributed by atoms with Crippen molar-refractivity contribution >= 4 is 29.6 Å². The standard InChI is InChI=1S/C38H66N2O6S/c1-3-5-7-9-11-13-15-17-19-21-36(42)45-29-34(46-37(43)22-20-18-16-14-12-10-8-6-4-2)30-47-31-35(39)38(44)40-28-27-32-23-25-33(41)26-24-32/h23-26,34-35,41H,3-22,27-31,39H2,1-2H3,(H,40,44)/t34-,35+/m1/s1. The molecule has 1 aromatic rings. The first-order valence-electron chi connectivity index (χ1n) is 18.6. The molecule has 9 heteroatoms. The van der Waals surface area contributed by atoms with Crippen molar-refractivity contribution in [3.63, 3.8) is 0 Å². The number of benzene rings is 1. The predicted octanol–water partition coefficient (Wildman–Crippen LogP) is 8.41. The minimum atomic E-state index is -0.715. The van der Waals surface area contributed by atoms with E-state index in [0.717, 1.165) is 44.1 Å². The van der Waals surface area contributed by atoms with Crippen molar-refractivity contribution in [2.24, 2.45) is 5.73 Å². The zero-order valence-electron chi connectivity index (χ0n) is 29.6. The van der Waals surface area contributed by atoms with Crippen LogP contribution < -0.4 is 11.1 Å². The van der Waals surface area contributed by atoms with Crippen LogP contribution in [0.4, 0.5) is 0 Å². The largest absolute Gasteiger partial charge is 0.508 e. The van der Waals surface area contributed by atoms with Gasteiger partial charge in [0.05, 0.1) is 6.04 Å². The Balaban J connectivity index is 2.40. The zero-order valence-corrected chi connectivity index (χ0v) is 30.4. The molecular weight excluding hydrogens is 612 g/mol. The first-order chi connectivity index (χ1) is 22.8. The first-order valence-corrected chi connectivity index (χ1v) is 19.7. The summed E-state index contributed by atoms with van der Waals surface area (Å²) in [4.78, 5) is 37.6. The van der Waals surface area contributed by atoms with E-state index in [1.54, 1.807) is 12.1 Å². The molecule has 0 aliphatic rings. The minimum absolute atomic E-state index is 0.0147. The molecule has 47 heavy (non-hydrogen) atoms. The lowest BCUT2D eigenvalue weighted by Gasteiger charge is -2.19. The van der Waals surface area contributed by atoms with Gasteiger partial charge in [-0.3, -0.25) is 14.4 Å². The highest BCUT2D eigenvalue weighted by atomic mass is 32.2. The third-order valence-electron chi connectivity index (χ3n) is 8.28. The van der Waals surface area contributed by atoms with Gasteiger partial charge in [0.1, 0.15) is 18.5 Å². The summed E-state index contributed by atoms with van der Waals surface area (Å²) in [7, 11) is 0. The number of hydrogen-bond donors (Lipinski definition) is 3. The minimum Gasteiger partial charge on any atom is -0.508 e. The number of thioether (sulfide) groups is 1. The number of phenols is 1. The van der Waals surface area contributed by atoms with Gasteiger partial charge in [-0.15, -0.1) is 0 Å². The molecule has 0 saturated heterocycles. The average Bonchev–Trinajstić information content (AvgIpc) is 3.06. The van der Waals surface area contributed by atoms with Gasteiger partial charge in [-0.25, -0.2) is 0 Å². The summed E-state index contributed by atoms with van der Waals surface area (Å²) < 4.78 is 11.3. The number of hydrogen-bond acceptors (Lipinski definition) is 8. The summed E-state index contributed by atoms with van der Waals surface area (Å²) >= 11 is 1.42. The van der Waals surface area contributed by atoms with Gasteiger partial charge in [0.25, 0.3) is 0 Å². The molecule has 0 aliphatic carbocycles. The SMILES string of the molecule is CCCCCCCCCCCC(=O)OC[C@H](CSC[C@H](N)C(=O)NCCc1ccc(O)cc1)OC(=O)CCCCCCCCCCC. The van der Waals surface area contributed by atoms with Crippen LogP contribution in [0.5, 0.6) is 5.75 Å². The Hall–Kier alpha value is -2.26. The molecule has 0 aromatic heterocycles. The number of ether oxygens (including phenoxy) is 2. The van der Waals surface area contributed by atoms with Crippen molar-refractivity contribution in [1.82, 2.24) is 5.32 Å². The van der Waals surface area contributed by atoms with E-state index in [0.29, 0.717) is 37.3 Å². The molecule has 4 N–H and O–H groups in total. The van der Waals surface area contributed by atoms with Crippen LogP contribution in [0, 0.1) is 0 Å². The monoisotopic (exact) mass is 678 g/mol. The van der Waals surface area contributed by atoms with E-state index in [2.05, 4.69) is 19.2 Å². The van der Waals surface area contributed by atoms with Gasteiger partial charge in [0.2, 0.25) is 5.91 Å². The Labute approximate surface area is 290 Å². The summed E-state index contributed by atoms with van der Waals surface area (Å²) in [5, 5.41) is 12.3. The van der Waals surface area contributed by atoms with Crippen LogP contribution in [0.1, 0.15) is 148 Å². The Morgan fingerprint density at radius 1 is 0.723 bits per heavy atom. The predicted molar refractivity (Wildman–Crippen MR) is 195 cm³/mol. The van der Waals surface area contributed by atoms with Crippen LogP contribution in [0.3, 0.4) is 0 Å². The molecule has 1 amide bonds. The molecule has 8 nitrogen and oxygen atoms in total. The molecule has 0 bridgehead atoms. The van der Waals surface area contributed by atoms with E-state index in [4.69, 9.17) is 15.2 Å². The highest BCUT2D eigenvalue weighted by Gasteiger charge is 2.20. The number of carbonyl (C=O) groups is 3. The molecular formula is C38H66N2O6S. The van der Waals surface area contributed by atoms with E-state index in [1.807, 2.05) is 12.1 Å². The lowest BCUT2D eigenvalue weighted by atomic mass is 10.1. The molecule has 0 spiro atoms.